The van der Waals surface area contributed by atoms with Gasteiger partial charge in [-0.3, -0.25) is 9.78 Å². The molecule has 0 unspecified atom stereocenters. The Bertz CT molecular complexity index is 1140. The first kappa shape index (κ1) is 18.1. The van der Waals surface area contributed by atoms with Crippen LogP contribution in [0.1, 0.15) is 34.6 Å². The predicted molar refractivity (Wildman–Crippen MR) is 108 cm³/mol. The van der Waals surface area contributed by atoms with Crippen LogP contribution in [0.4, 0.5) is 0 Å². The van der Waals surface area contributed by atoms with Crippen LogP contribution in [-0.4, -0.2) is 25.5 Å². The number of halogens is 1. The van der Waals surface area contributed by atoms with Gasteiger partial charge in [-0.05, 0) is 49.7 Å². The highest BCUT2D eigenvalue weighted by Crippen LogP contribution is 2.21. The minimum atomic E-state index is -0.229. The lowest BCUT2D eigenvalue weighted by Crippen LogP contribution is -2.26. The third-order valence-electron chi connectivity index (χ3n) is 4.57. The number of hydrogen-bond donors (Lipinski definition) is 1. The van der Waals surface area contributed by atoms with Crippen molar-refractivity contribution in [2.75, 3.05) is 0 Å². The molecule has 0 fully saturated rings. The van der Waals surface area contributed by atoms with E-state index in [2.05, 4.69) is 20.4 Å². The van der Waals surface area contributed by atoms with Crippen molar-refractivity contribution < 1.29 is 4.79 Å². The number of benzene rings is 1. The van der Waals surface area contributed by atoms with E-state index in [0.29, 0.717) is 16.2 Å². The Labute approximate surface area is 167 Å². The summed E-state index contributed by atoms with van der Waals surface area (Å²) in [5.41, 5.74) is 4.42. The Kier molecular flexibility index (Phi) is 4.79. The van der Waals surface area contributed by atoms with E-state index in [-0.39, 0.29) is 11.9 Å². The molecule has 7 heteroatoms. The van der Waals surface area contributed by atoms with E-state index in [4.69, 9.17) is 11.6 Å². The topological polar surface area (TPSA) is 72.2 Å². The molecule has 1 atom stereocenters. The van der Waals surface area contributed by atoms with Crippen molar-refractivity contribution in [3.63, 3.8) is 0 Å². The monoisotopic (exact) mass is 391 g/mol. The van der Waals surface area contributed by atoms with Crippen molar-refractivity contribution in [2.24, 2.45) is 0 Å². The molecular weight excluding hydrogens is 374 g/mol. The molecule has 140 valence electrons. The molecule has 0 bridgehead atoms. The molecule has 1 amide bonds. The fourth-order valence-corrected chi connectivity index (χ4v) is 3.17. The molecule has 4 aromatic rings. The van der Waals surface area contributed by atoms with E-state index in [9.17, 15) is 4.79 Å². The number of fused-ring (bicyclic) bond motifs is 1. The third kappa shape index (κ3) is 3.46. The first-order valence-electron chi connectivity index (χ1n) is 8.85. The minimum absolute atomic E-state index is 0.178. The molecule has 4 rings (SSSR count). The van der Waals surface area contributed by atoms with Crippen LogP contribution in [-0.2, 0) is 0 Å². The summed E-state index contributed by atoms with van der Waals surface area (Å²) in [6.07, 6.45) is 5.01. The summed E-state index contributed by atoms with van der Waals surface area (Å²) in [6.45, 7) is 3.85. The number of nitrogens with one attached hydrogen (secondary N) is 1. The van der Waals surface area contributed by atoms with Crippen LogP contribution in [0.25, 0.3) is 16.9 Å². The van der Waals surface area contributed by atoms with E-state index in [0.717, 1.165) is 22.5 Å². The largest absolute Gasteiger partial charge is 0.345 e. The number of nitrogens with zero attached hydrogens (tertiary/aromatic N) is 4. The molecule has 0 aliphatic rings. The maximum Gasteiger partial charge on any atom is 0.257 e. The Balaban J connectivity index is 1.67. The highest BCUT2D eigenvalue weighted by molar-refractivity contribution is 6.30. The van der Waals surface area contributed by atoms with E-state index in [1.165, 1.54) is 0 Å². The normalized spacial score (nSPS) is 12.1. The molecule has 1 aromatic carbocycles. The van der Waals surface area contributed by atoms with Gasteiger partial charge in [-0.2, -0.15) is 5.10 Å². The third-order valence-corrected chi connectivity index (χ3v) is 4.82. The average molecular weight is 392 g/mol. The highest BCUT2D eigenvalue weighted by atomic mass is 35.5. The number of aryl methyl sites for hydroxylation is 1. The van der Waals surface area contributed by atoms with Crippen LogP contribution < -0.4 is 5.32 Å². The maximum absolute atomic E-state index is 12.9. The number of hydrogen-bond acceptors (Lipinski definition) is 4. The highest BCUT2D eigenvalue weighted by Gasteiger charge is 2.18. The van der Waals surface area contributed by atoms with Gasteiger partial charge in [0, 0.05) is 28.7 Å². The first-order valence-corrected chi connectivity index (χ1v) is 9.23. The van der Waals surface area contributed by atoms with Crippen LogP contribution in [0.15, 0.2) is 61.1 Å². The lowest BCUT2D eigenvalue weighted by molar-refractivity contribution is 0.0941. The zero-order valence-electron chi connectivity index (χ0n) is 15.4. The van der Waals surface area contributed by atoms with Crippen LogP contribution in [0, 0.1) is 6.92 Å². The van der Waals surface area contributed by atoms with Gasteiger partial charge < -0.3 is 5.32 Å². The number of rotatable bonds is 4. The van der Waals surface area contributed by atoms with E-state index in [1.54, 1.807) is 35.2 Å². The lowest BCUT2D eigenvalue weighted by atomic mass is 10.1. The van der Waals surface area contributed by atoms with Crippen LogP contribution in [0.2, 0.25) is 5.02 Å². The standard InChI is InChI=1S/C21H18ClN5O/c1-13-10-19(16-4-3-9-23-11-16)26-20-18(12-24-27(13)20)21(28)25-14(2)15-5-7-17(22)8-6-15/h3-12,14H,1-2H3,(H,25,28)/t14-/m1/s1. The van der Waals surface area contributed by atoms with Crippen molar-refractivity contribution in [3.8, 4) is 11.3 Å². The number of carbonyl (C=O) groups is 1. The predicted octanol–water partition coefficient (Wildman–Crippen LogP) is 4.24. The molecule has 0 aliphatic heterocycles. The summed E-state index contributed by atoms with van der Waals surface area (Å²) in [5, 5.41) is 7.99. The van der Waals surface area contributed by atoms with Crippen LogP contribution in [0.3, 0.4) is 0 Å². The van der Waals surface area contributed by atoms with Crippen molar-refractivity contribution >= 4 is 23.2 Å². The minimum Gasteiger partial charge on any atom is -0.345 e. The number of pyridine rings is 1. The Morgan fingerprint density at radius 3 is 2.68 bits per heavy atom. The lowest BCUT2D eigenvalue weighted by Gasteiger charge is -2.14. The smallest absolute Gasteiger partial charge is 0.257 e. The summed E-state index contributed by atoms with van der Waals surface area (Å²) >= 11 is 5.94. The van der Waals surface area contributed by atoms with E-state index in [1.807, 2.05) is 44.2 Å². The van der Waals surface area contributed by atoms with Crippen molar-refractivity contribution in [2.45, 2.75) is 19.9 Å². The molecule has 0 saturated carbocycles. The summed E-state index contributed by atoms with van der Waals surface area (Å²) in [5.74, 6) is -0.229. The summed E-state index contributed by atoms with van der Waals surface area (Å²) in [6, 6.07) is 12.9. The number of amides is 1. The molecular formula is C21H18ClN5O. The molecule has 0 saturated heterocycles. The quantitative estimate of drug-likeness (QED) is 0.564. The van der Waals surface area contributed by atoms with E-state index >= 15 is 0 Å². The van der Waals surface area contributed by atoms with E-state index < -0.39 is 0 Å². The molecule has 3 heterocycles. The van der Waals surface area contributed by atoms with Gasteiger partial charge in [0.25, 0.3) is 5.91 Å². The summed E-state index contributed by atoms with van der Waals surface area (Å²) < 4.78 is 1.67. The fourth-order valence-electron chi connectivity index (χ4n) is 3.04. The summed E-state index contributed by atoms with van der Waals surface area (Å²) in [4.78, 5) is 21.7. The van der Waals surface area contributed by atoms with Gasteiger partial charge >= 0.3 is 0 Å². The fraction of sp³-hybridized carbons (Fsp3) is 0.143. The maximum atomic E-state index is 12.9. The van der Waals surface area contributed by atoms with Crippen molar-refractivity contribution in [3.05, 3.63) is 82.9 Å². The Morgan fingerprint density at radius 1 is 1.18 bits per heavy atom. The second kappa shape index (κ2) is 7.40. The molecule has 0 radical (unpaired) electrons. The number of aromatic nitrogens is 4. The molecule has 3 aromatic heterocycles. The Morgan fingerprint density at radius 2 is 1.96 bits per heavy atom. The van der Waals surface area contributed by atoms with Gasteiger partial charge in [0.15, 0.2) is 5.65 Å². The summed E-state index contributed by atoms with van der Waals surface area (Å²) in [7, 11) is 0. The van der Waals surface area contributed by atoms with Gasteiger partial charge in [0.1, 0.15) is 5.56 Å². The molecule has 1 N–H and O–H groups in total. The van der Waals surface area contributed by atoms with Gasteiger partial charge in [-0.25, -0.2) is 9.50 Å². The Hall–Kier alpha value is -3.25. The SMILES string of the molecule is Cc1cc(-c2cccnc2)nc2c(C(=O)N[C@H](C)c3ccc(Cl)cc3)cnn12. The molecule has 0 aliphatic carbocycles. The van der Waals surface area contributed by atoms with Gasteiger partial charge in [-0.15, -0.1) is 0 Å². The van der Waals surface area contributed by atoms with Gasteiger partial charge in [0.2, 0.25) is 0 Å². The van der Waals surface area contributed by atoms with Crippen molar-refractivity contribution in [1.29, 1.82) is 0 Å². The molecule has 28 heavy (non-hydrogen) atoms. The molecule has 6 nitrogen and oxygen atoms in total. The van der Waals surface area contributed by atoms with Gasteiger partial charge in [0.05, 0.1) is 17.9 Å². The second-order valence-corrected chi connectivity index (χ2v) is 7.00. The van der Waals surface area contributed by atoms with Crippen LogP contribution >= 0.6 is 11.6 Å². The zero-order chi connectivity index (χ0) is 19.7. The first-order chi connectivity index (χ1) is 13.5. The molecule has 0 spiro atoms. The second-order valence-electron chi connectivity index (χ2n) is 6.56. The zero-order valence-corrected chi connectivity index (χ0v) is 16.2. The van der Waals surface area contributed by atoms with Gasteiger partial charge in [-0.1, -0.05) is 23.7 Å². The van der Waals surface area contributed by atoms with Crippen molar-refractivity contribution in [1.82, 2.24) is 24.9 Å². The number of carbonyl (C=O) groups excluding carboxylic acids is 1. The van der Waals surface area contributed by atoms with Crippen LogP contribution in [0.5, 0.6) is 0 Å². The average Bonchev–Trinajstić information content (AvgIpc) is 3.14.